The molecule has 2 fully saturated rings. The van der Waals surface area contributed by atoms with Crippen LogP contribution in [-0.4, -0.2) is 88.6 Å². The molecule has 12 heteroatoms. The van der Waals surface area contributed by atoms with Crippen LogP contribution in [0.25, 0.3) is 0 Å². The van der Waals surface area contributed by atoms with Gasteiger partial charge in [-0.3, -0.25) is 4.79 Å². The van der Waals surface area contributed by atoms with Crippen LogP contribution < -0.4 is 14.8 Å². The van der Waals surface area contributed by atoms with Crippen molar-refractivity contribution in [3.05, 3.63) is 95.1 Å². The fraction of sp³-hybridized carbons (Fsp3) is 0.571. The number of hydrogen-bond donors (Lipinski definition) is 1. The van der Waals surface area contributed by atoms with Gasteiger partial charge in [-0.2, -0.15) is 0 Å². The average molecular weight is 844 g/mol. The van der Waals surface area contributed by atoms with Crippen molar-refractivity contribution in [1.82, 2.24) is 5.32 Å². The van der Waals surface area contributed by atoms with Gasteiger partial charge in [0.15, 0.2) is 0 Å². The van der Waals surface area contributed by atoms with Crippen LogP contribution in [0.1, 0.15) is 94.9 Å². The second-order valence-electron chi connectivity index (χ2n) is 17.7. The third-order valence-corrected chi connectivity index (χ3v) is 12.2. The Labute approximate surface area is 361 Å². The van der Waals surface area contributed by atoms with E-state index in [2.05, 4.69) is 30.4 Å². The Balaban J connectivity index is 0.797. The van der Waals surface area contributed by atoms with Crippen LogP contribution in [0.3, 0.4) is 0 Å². The van der Waals surface area contributed by atoms with Gasteiger partial charge in [0.2, 0.25) is 0 Å². The lowest BCUT2D eigenvalue weighted by Crippen LogP contribution is -2.45. The van der Waals surface area contributed by atoms with E-state index < -0.39 is 23.7 Å². The van der Waals surface area contributed by atoms with Crippen molar-refractivity contribution in [2.24, 2.45) is 17.3 Å². The zero-order valence-electron chi connectivity index (χ0n) is 36.6. The number of hydrogen-bond acceptors (Lipinski definition) is 11. The smallest absolute Gasteiger partial charge is 0.408 e. The van der Waals surface area contributed by atoms with Crippen molar-refractivity contribution >= 4 is 18.0 Å². The molecule has 0 saturated heterocycles. The summed E-state index contributed by atoms with van der Waals surface area (Å²) in [6.07, 6.45) is 6.23. The molecule has 3 aliphatic rings. The lowest BCUT2D eigenvalue weighted by Gasteiger charge is -2.50. The number of carbonyl (C=O) groups is 3. The van der Waals surface area contributed by atoms with Gasteiger partial charge in [-0.05, 0) is 124 Å². The minimum absolute atomic E-state index is 0.0612. The molecule has 6 atom stereocenters. The molecule has 2 saturated carbocycles. The Morgan fingerprint density at radius 2 is 1.39 bits per heavy atom. The first-order valence-electron chi connectivity index (χ1n) is 22.0. The monoisotopic (exact) mass is 843 g/mol. The molecule has 3 aromatic rings. The Morgan fingerprint density at radius 1 is 0.754 bits per heavy atom. The Morgan fingerprint density at radius 3 is 2.05 bits per heavy atom. The molecule has 0 aliphatic heterocycles. The topological polar surface area (TPSA) is 137 Å². The molecule has 0 unspecified atom stereocenters. The predicted octanol–water partition coefficient (Wildman–Crippen LogP) is 8.16. The van der Waals surface area contributed by atoms with Crippen LogP contribution in [0.5, 0.6) is 11.5 Å². The number of benzene rings is 3. The van der Waals surface area contributed by atoms with Crippen molar-refractivity contribution in [2.45, 2.75) is 110 Å². The van der Waals surface area contributed by atoms with E-state index in [1.54, 1.807) is 20.8 Å². The van der Waals surface area contributed by atoms with E-state index in [-0.39, 0.29) is 30.5 Å². The molecule has 3 aliphatic carbocycles. The highest BCUT2D eigenvalue weighted by Crippen LogP contribution is 2.61. The van der Waals surface area contributed by atoms with E-state index in [9.17, 15) is 14.4 Å². The maximum Gasteiger partial charge on any atom is 0.408 e. The van der Waals surface area contributed by atoms with Crippen LogP contribution in [0, 0.1) is 17.3 Å². The minimum Gasteiger partial charge on any atom is -0.491 e. The lowest BCUT2D eigenvalue weighted by molar-refractivity contribution is -0.157. The van der Waals surface area contributed by atoms with E-state index in [1.807, 2.05) is 54.6 Å². The first kappa shape index (κ1) is 45.9. The van der Waals surface area contributed by atoms with Crippen LogP contribution in [0.15, 0.2) is 72.8 Å². The number of esters is 2. The van der Waals surface area contributed by atoms with E-state index in [0.717, 1.165) is 49.0 Å². The number of amides is 1. The molecule has 332 valence electrons. The highest BCUT2D eigenvalue weighted by molar-refractivity contribution is 5.82. The van der Waals surface area contributed by atoms with Gasteiger partial charge in [0.1, 0.15) is 49.1 Å². The molecule has 12 nitrogen and oxygen atoms in total. The number of alkyl carbamates (subject to hydrolysis) is 1. The zero-order chi connectivity index (χ0) is 43.2. The Kier molecular flexibility index (Phi) is 16.5. The van der Waals surface area contributed by atoms with Gasteiger partial charge in [-0.15, -0.1) is 0 Å². The molecular weight excluding hydrogens is 779 g/mol. The largest absolute Gasteiger partial charge is 0.491 e. The van der Waals surface area contributed by atoms with Gasteiger partial charge < -0.3 is 43.2 Å². The van der Waals surface area contributed by atoms with Gasteiger partial charge in [0.05, 0.1) is 39.6 Å². The molecule has 0 heterocycles. The second-order valence-corrected chi connectivity index (χ2v) is 17.7. The summed E-state index contributed by atoms with van der Waals surface area (Å²) in [5, 5.41) is 2.66. The molecule has 0 spiro atoms. The van der Waals surface area contributed by atoms with Crippen LogP contribution in [0.2, 0.25) is 0 Å². The van der Waals surface area contributed by atoms with Crippen LogP contribution >= 0.6 is 0 Å². The number of rotatable bonds is 21. The number of nitrogens with one attached hydrogen (secondary N) is 1. The highest BCUT2D eigenvalue weighted by atomic mass is 16.6. The lowest BCUT2D eigenvalue weighted by atomic mass is 9.55. The molecule has 0 bridgehead atoms. The summed E-state index contributed by atoms with van der Waals surface area (Å²) in [5.74, 6) is 2.70. The molecule has 61 heavy (non-hydrogen) atoms. The third-order valence-electron chi connectivity index (χ3n) is 12.2. The van der Waals surface area contributed by atoms with Crippen LogP contribution in [-0.2, 0) is 57.5 Å². The summed E-state index contributed by atoms with van der Waals surface area (Å²) in [6, 6.07) is 22.3. The summed E-state index contributed by atoms with van der Waals surface area (Å²) in [5.41, 5.74) is 3.94. The van der Waals surface area contributed by atoms with Gasteiger partial charge >= 0.3 is 18.0 Å². The first-order valence-corrected chi connectivity index (χ1v) is 22.0. The molecule has 3 aromatic carbocycles. The number of carbonyl (C=O) groups excluding carboxylic acids is 3. The quantitative estimate of drug-likeness (QED) is 0.0632. The summed E-state index contributed by atoms with van der Waals surface area (Å²) in [7, 11) is 0. The standard InChI is InChI=1S/C49H65NO11/c1-34(51)60-45-20-19-43-42-17-13-37-32-39(16-18-40(37)41(42)21-22-49(43,45)5)58-30-28-56-26-24-54-23-25-55-27-29-57-38-14-11-35(12-15-38)31-44(46(52)61-48(2,3)4)50-47(53)59-33-36-9-7-6-8-10-36/h6-12,14-16,18,32,41-45H,13,17,19-31,33H2,1-5H3,(H,50,53)/t41-,42-,43+,44-,45+,49+/m0/s1. The summed E-state index contributed by atoms with van der Waals surface area (Å²) >= 11 is 0. The number of fused-ring (bicyclic) bond motifs is 5. The Hall–Kier alpha value is -4.65. The maximum atomic E-state index is 13.0. The molecule has 0 aromatic heterocycles. The molecule has 1 amide bonds. The third kappa shape index (κ3) is 13.4. The molecule has 1 N–H and O–H groups in total. The normalized spacial score (nSPS) is 22.2. The molecular formula is C49H65NO11. The second kappa shape index (κ2) is 21.9. The summed E-state index contributed by atoms with van der Waals surface area (Å²) in [6.45, 7) is 12.9. The molecule has 6 rings (SSSR count). The van der Waals surface area contributed by atoms with E-state index in [4.69, 9.17) is 37.9 Å². The van der Waals surface area contributed by atoms with Gasteiger partial charge in [-0.25, -0.2) is 9.59 Å². The summed E-state index contributed by atoms with van der Waals surface area (Å²) < 4.78 is 45.6. The Bertz CT molecular complexity index is 1860. The summed E-state index contributed by atoms with van der Waals surface area (Å²) in [4.78, 5) is 37.3. The zero-order valence-corrected chi connectivity index (χ0v) is 36.6. The van der Waals surface area contributed by atoms with Crippen molar-refractivity contribution in [3.63, 3.8) is 0 Å². The SMILES string of the molecule is CC(=O)O[C@@H]1CC[C@@H]2[C@H]3CCc4cc(OCCOCCOCCOCCOc5ccc(C[C@H](NC(=O)OCc6ccccc6)C(=O)OC(C)(C)C)cc5)ccc4[C@@H]3CC[C@]21C. The van der Waals surface area contributed by atoms with Crippen molar-refractivity contribution in [2.75, 3.05) is 52.9 Å². The number of ether oxygens (including phenoxy) is 8. The van der Waals surface area contributed by atoms with E-state index >= 15 is 0 Å². The average Bonchev–Trinajstić information content (AvgIpc) is 3.56. The predicted molar refractivity (Wildman–Crippen MR) is 230 cm³/mol. The fourth-order valence-electron chi connectivity index (χ4n) is 9.40. The van der Waals surface area contributed by atoms with Crippen molar-refractivity contribution in [1.29, 1.82) is 0 Å². The fourth-order valence-corrected chi connectivity index (χ4v) is 9.40. The highest BCUT2D eigenvalue weighted by Gasteiger charge is 2.56. The molecule has 0 radical (unpaired) electrons. The van der Waals surface area contributed by atoms with Crippen molar-refractivity contribution in [3.8, 4) is 11.5 Å². The van der Waals surface area contributed by atoms with Gasteiger partial charge in [0, 0.05) is 18.8 Å². The van der Waals surface area contributed by atoms with Crippen LogP contribution in [0.4, 0.5) is 4.79 Å². The van der Waals surface area contributed by atoms with E-state index in [0.29, 0.717) is 76.4 Å². The maximum absolute atomic E-state index is 13.0. The minimum atomic E-state index is -0.932. The number of aryl methyl sites for hydroxylation is 1. The van der Waals surface area contributed by atoms with E-state index in [1.165, 1.54) is 24.5 Å². The first-order chi connectivity index (χ1) is 29.4. The van der Waals surface area contributed by atoms with Crippen molar-refractivity contribution < 1.29 is 52.3 Å². The van der Waals surface area contributed by atoms with Gasteiger partial charge in [-0.1, -0.05) is 55.5 Å². The van der Waals surface area contributed by atoms with Gasteiger partial charge in [0.25, 0.3) is 0 Å².